The highest BCUT2D eigenvalue weighted by Crippen LogP contribution is 2.41. The number of rotatable bonds is 4. The maximum absolute atomic E-state index is 13.2. The summed E-state index contributed by atoms with van der Waals surface area (Å²) in [6.07, 6.45) is 0. The van der Waals surface area contributed by atoms with Gasteiger partial charge in [-0.05, 0) is 11.1 Å². The number of Topliss-reactive ketones (excluding diaryl/α,β-unsaturated/α-hetero) is 1. The van der Waals surface area contributed by atoms with Crippen LogP contribution in [0.1, 0.15) is 21.5 Å². The van der Waals surface area contributed by atoms with Gasteiger partial charge in [0, 0.05) is 5.56 Å². The molecule has 0 saturated carbocycles. The van der Waals surface area contributed by atoms with Crippen molar-refractivity contribution in [1.29, 1.82) is 0 Å². The van der Waals surface area contributed by atoms with Crippen LogP contribution in [0.2, 0.25) is 0 Å². The molecule has 0 N–H and O–H groups in total. The SMILES string of the molecule is O=C(c1ccccc1)C(Br)(c1ccccc1)c1ccccc1. The van der Waals surface area contributed by atoms with Gasteiger partial charge in [0.25, 0.3) is 0 Å². The van der Waals surface area contributed by atoms with Gasteiger partial charge in [0.1, 0.15) is 4.32 Å². The van der Waals surface area contributed by atoms with E-state index in [1.807, 2.05) is 91.0 Å². The molecule has 0 heterocycles. The van der Waals surface area contributed by atoms with Gasteiger partial charge in [0.15, 0.2) is 5.78 Å². The number of carbonyl (C=O) groups excluding carboxylic acids is 1. The largest absolute Gasteiger partial charge is 0.292 e. The van der Waals surface area contributed by atoms with Crippen LogP contribution in [-0.2, 0) is 4.32 Å². The highest BCUT2D eigenvalue weighted by atomic mass is 79.9. The van der Waals surface area contributed by atoms with E-state index < -0.39 is 4.32 Å². The predicted octanol–water partition coefficient (Wildman–Crippen LogP) is 5.21. The monoisotopic (exact) mass is 350 g/mol. The fourth-order valence-corrected chi connectivity index (χ4v) is 3.31. The Morgan fingerprint density at radius 3 is 1.41 bits per heavy atom. The van der Waals surface area contributed by atoms with Crippen LogP contribution < -0.4 is 0 Å². The normalized spacial score (nSPS) is 11.1. The van der Waals surface area contributed by atoms with Crippen molar-refractivity contribution in [1.82, 2.24) is 0 Å². The number of alkyl halides is 1. The van der Waals surface area contributed by atoms with E-state index >= 15 is 0 Å². The maximum atomic E-state index is 13.2. The van der Waals surface area contributed by atoms with Crippen LogP contribution in [0.5, 0.6) is 0 Å². The van der Waals surface area contributed by atoms with Crippen LogP contribution >= 0.6 is 15.9 Å². The lowest BCUT2D eigenvalue weighted by atomic mass is 9.84. The number of hydrogen-bond acceptors (Lipinski definition) is 1. The molecule has 2 heteroatoms. The van der Waals surface area contributed by atoms with Crippen LogP contribution in [0.15, 0.2) is 91.0 Å². The first-order chi connectivity index (χ1) is 10.7. The highest BCUT2D eigenvalue weighted by Gasteiger charge is 2.39. The number of benzene rings is 3. The van der Waals surface area contributed by atoms with Gasteiger partial charge in [-0.1, -0.05) is 107 Å². The summed E-state index contributed by atoms with van der Waals surface area (Å²) >= 11 is 3.75. The number of halogens is 1. The molecule has 0 unspecified atom stereocenters. The minimum Gasteiger partial charge on any atom is -0.292 e. The van der Waals surface area contributed by atoms with Crippen LogP contribution in [0.4, 0.5) is 0 Å². The summed E-state index contributed by atoms with van der Waals surface area (Å²) in [7, 11) is 0. The van der Waals surface area contributed by atoms with Crippen LogP contribution in [0, 0.1) is 0 Å². The summed E-state index contributed by atoms with van der Waals surface area (Å²) in [4.78, 5) is 13.2. The second-order valence-corrected chi connectivity index (χ2v) is 6.28. The molecule has 0 saturated heterocycles. The number of carbonyl (C=O) groups is 1. The summed E-state index contributed by atoms with van der Waals surface area (Å²) in [5, 5.41) is 0. The first-order valence-electron chi connectivity index (χ1n) is 7.13. The molecule has 3 rings (SSSR count). The van der Waals surface area contributed by atoms with Gasteiger partial charge in [-0.3, -0.25) is 4.79 Å². The molecule has 0 aromatic heterocycles. The second-order valence-electron chi connectivity index (χ2n) is 5.09. The van der Waals surface area contributed by atoms with Crippen molar-refractivity contribution in [3.05, 3.63) is 108 Å². The quantitative estimate of drug-likeness (QED) is 0.466. The third-order valence-electron chi connectivity index (χ3n) is 3.69. The standard InChI is InChI=1S/C20H15BrO/c21-20(17-12-6-2-7-13-17,18-14-8-3-9-15-18)19(22)16-10-4-1-5-11-16/h1-15H. The molecule has 3 aromatic carbocycles. The Morgan fingerprint density at radius 2 is 1.00 bits per heavy atom. The lowest BCUT2D eigenvalue weighted by Gasteiger charge is -2.27. The average molecular weight is 351 g/mol. The predicted molar refractivity (Wildman–Crippen MR) is 93.4 cm³/mol. The van der Waals surface area contributed by atoms with E-state index in [0.717, 1.165) is 11.1 Å². The molecule has 0 radical (unpaired) electrons. The molecule has 0 aliphatic heterocycles. The molecule has 108 valence electrons. The van der Waals surface area contributed by atoms with E-state index in [9.17, 15) is 4.79 Å². The van der Waals surface area contributed by atoms with Crippen LogP contribution in [-0.4, -0.2) is 5.78 Å². The third-order valence-corrected chi connectivity index (χ3v) is 4.97. The summed E-state index contributed by atoms with van der Waals surface area (Å²) in [5.41, 5.74) is 2.54. The Balaban J connectivity index is 2.18. The lowest BCUT2D eigenvalue weighted by Crippen LogP contribution is -2.30. The molecule has 0 aliphatic carbocycles. The summed E-state index contributed by atoms with van der Waals surface area (Å²) in [6.45, 7) is 0. The van der Waals surface area contributed by atoms with Gasteiger partial charge in [-0.25, -0.2) is 0 Å². The molecule has 22 heavy (non-hydrogen) atoms. The first-order valence-corrected chi connectivity index (χ1v) is 7.92. The van der Waals surface area contributed by atoms with Gasteiger partial charge >= 0.3 is 0 Å². The van der Waals surface area contributed by atoms with E-state index in [4.69, 9.17) is 0 Å². The molecular weight excluding hydrogens is 336 g/mol. The molecule has 1 nitrogen and oxygen atoms in total. The van der Waals surface area contributed by atoms with E-state index in [1.54, 1.807) is 0 Å². The fraction of sp³-hybridized carbons (Fsp3) is 0.0500. The van der Waals surface area contributed by atoms with Gasteiger partial charge in [-0.15, -0.1) is 0 Å². The van der Waals surface area contributed by atoms with E-state index in [-0.39, 0.29) is 5.78 Å². The molecule has 0 aliphatic rings. The van der Waals surface area contributed by atoms with Crippen molar-refractivity contribution in [3.8, 4) is 0 Å². The fourth-order valence-electron chi connectivity index (χ4n) is 2.55. The van der Waals surface area contributed by atoms with E-state index in [0.29, 0.717) is 5.56 Å². The number of ketones is 1. The minimum absolute atomic E-state index is 0.0329. The molecule has 0 amide bonds. The molecule has 0 spiro atoms. The highest BCUT2D eigenvalue weighted by molar-refractivity contribution is 9.10. The topological polar surface area (TPSA) is 17.1 Å². The van der Waals surface area contributed by atoms with Crippen LogP contribution in [0.25, 0.3) is 0 Å². The minimum atomic E-state index is -0.878. The van der Waals surface area contributed by atoms with Crippen molar-refractivity contribution in [3.63, 3.8) is 0 Å². The third kappa shape index (κ3) is 2.62. The maximum Gasteiger partial charge on any atom is 0.188 e. The van der Waals surface area contributed by atoms with E-state index in [2.05, 4.69) is 15.9 Å². The zero-order valence-electron chi connectivity index (χ0n) is 11.9. The summed E-state index contributed by atoms with van der Waals surface area (Å²) in [6, 6.07) is 29.0. The van der Waals surface area contributed by atoms with Crippen molar-refractivity contribution in [2.75, 3.05) is 0 Å². The summed E-state index contributed by atoms with van der Waals surface area (Å²) in [5.74, 6) is 0.0329. The van der Waals surface area contributed by atoms with Gasteiger partial charge in [0.2, 0.25) is 0 Å². The lowest BCUT2D eigenvalue weighted by molar-refractivity contribution is 0.0962. The van der Waals surface area contributed by atoms with Gasteiger partial charge in [0.05, 0.1) is 0 Å². The Hall–Kier alpha value is -2.19. The van der Waals surface area contributed by atoms with E-state index in [1.165, 1.54) is 0 Å². The van der Waals surface area contributed by atoms with Crippen molar-refractivity contribution in [2.24, 2.45) is 0 Å². The van der Waals surface area contributed by atoms with Crippen molar-refractivity contribution in [2.45, 2.75) is 4.32 Å². The Kier molecular flexibility index (Phi) is 4.21. The van der Waals surface area contributed by atoms with Gasteiger partial charge < -0.3 is 0 Å². The Bertz CT molecular complexity index is 712. The molecule has 3 aromatic rings. The number of hydrogen-bond donors (Lipinski definition) is 0. The molecule has 0 bridgehead atoms. The zero-order valence-corrected chi connectivity index (χ0v) is 13.5. The first kappa shape index (κ1) is 14.7. The summed E-state index contributed by atoms with van der Waals surface area (Å²) < 4.78 is -0.878. The van der Waals surface area contributed by atoms with Crippen molar-refractivity contribution >= 4 is 21.7 Å². The zero-order chi connectivity index (χ0) is 15.4. The van der Waals surface area contributed by atoms with Crippen molar-refractivity contribution < 1.29 is 4.79 Å². The van der Waals surface area contributed by atoms with Crippen LogP contribution in [0.3, 0.4) is 0 Å². The Labute approximate surface area is 138 Å². The van der Waals surface area contributed by atoms with Gasteiger partial charge in [-0.2, -0.15) is 0 Å². The second kappa shape index (κ2) is 6.29. The molecule has 0 fully saturated rings. The molecular formula is C20H15BrO. The smallest absolute Gasteiger partial charge is 0.188 e. The molecule has 0 atom stereocenters. The Morgan fingerprint density at radius 1 is 0.636 bits per heavy atom. The average Bonchev–Trinajstić information content (AvgIpc) is 2.62.